The number of carbonyl (C=O) groups is 1. The first-order valence-corrected chi connectivity index (χ1v) is 29.9. The van der Waals surface area contributed by atoms with E-state index in [1.807, 2.05) is 6.08 Å². The highest BCUT2D eigenvalue weighted by molar-refractivity contribution is 5.76. The van der Waals surface area contributed by atoms with E-state index >= 15 is 0 Å². The largest absolute Gasteiger partial charge is 0.394 e. The molecule has 0 rings (SSSR count). The molecule has 0 bridgehead atoms. The van der Waals surface area contributed by atoms with Gasteiger partial charge in [0.05, 0.1) is 18.8 Å². The molecule has 0 saturated carbocycles. The number of allylic oxidation sites excluding steroid dienone is 1. The van der Waals surface area contributed by atoms with Gasteiger partial charge in [0.2, 0.25) is 5.91 Å². The highest BCUT2D eigenvalue weighted by Gasteiger charge is 2.18. The Kier molecular flexibility index (Phi) is 55.7. The molecule has 2 atom stereocenters. The molecule has 0 aromatic carbocycles. The first-order valence-electron chi connectivity index (χ1n) is 29.9. The van der Waals surface area contributed by atoms with Crippen LogP contribution in [0.1, 0.15) is 348 Å². The Morgan fingerprint density at radius 1 is 0.359 bits per heavy atom. The van der Waals surface area contributed by atoms with E-state index in [1.165, 1.54) is 302 Å². The van der Waals surface area contributed by atoms with Gasteiger partial charge in [0.15, 0.2) is 0 Å². The van der Waals surface area contributed by atoms with Crippen molar-refractivity contribution in [3.05, 3.63) is 12.2 Å². The fourth-order valence-corrected chi connectivity index (χ4v) is 9.71. The molecule has 0 aromatic rings. The number of carbonyl (C=O) groups excluding carboxylic acids is 1. The van der Waals surface area contributed by atoms with Crippen LogP contribution in [0.25, 0.3) is 0 Å². The average Bonchev–Trinajstić information content (AvgIpc) is 3.30. The zero-order chi connectivity index (χ0) is 46.3. The molecule has 0 spiro atoms. The third-order valence-electron chi connectivity index (χ3n) is 14.3. The van der Waals surface area contributed by atoms with E-state index in [4.69, 9.17) is 0 Å². The molecule has 0 aliphatic heterocycles. The van der Waals surface area contributed by atoms with Crippen LogP contribution in [-0.2, 0) is 4.79 Å². The minimum absolute atomic E-state index is 0.0549. The molecule has 0 heterocycles. The predicted octanol–water partition coefficient (Wildman–Crippen LogP) is 19.7. The lowest BCUT2D eigenvalue weighted by Crippen LogP contribution is -2.45. The zero-order valence-corrected chi connectivity index (χ0v) is 44.1. The molecule has 0 aliphatic carbocycles. The van der Waals surface area contributed by atoms with Gasteiger partial charge in [-0.3, -0.25) is 4.79 Å². The molecular formula is C60H119NO3. The second kappa shape index (κ2) is 56.5. The Balaban J connectivity index is 3.43. The summed E-state index contributed by atoms with van der Waals surface area (Å²) >= 11 is 0. The Morgan fingerprint density at radius 2 is 0.578 bits per heavy atom. The van der Waals surface area contributed by atoms with Gasteiger partial charge in [-0.2, -0.15) is 0 Å². The van der Waals surface area contributed by atoms with E-state index in [0.717, 1.165) is 25.7 Å². The Labute approximate surface area is 403 Å². The highest BCUT2D eigenvalue weighted by atomic mass is 16.3. The van der Waals surface area contributed by atoms with Crippen LogP contribution in [0.4, 0.5) is 0 Å². The summed E-state index contributed by atoms with van der Waals surface area (Å²) in [6.45, 7) is 4.36. The summed E-state index contributed by atoms with van der Waals surface area (Å²) in [4.78, 5) is 12.5. The van der Waals surface area contributed by atoms with E-state index in [2.05, 4.69) is 19.2 Å². The minimum Gasteiger partial charge on any atom is -0.394 e. The number of amides is 1. The molecule has 0 aromatic heterocycles. The van der Waals surface area contributed by atoms with E-state index in [0.29, 0.717) is 6.42 Å². The minimum atomic E-state index is -0.836. The van der Waals surface area contributed by atoms with Gasteiger partial charge >= 0.3 is 0 Å². The van der Waals surface area contributed by atoms with Crippen LogP contribution in [-0.4, -0.2) is 34.9 Å². The van der Waals surface area contributed by atoms with Gasteiger partial charge in [0.1, 0.15) is 0 Å². The zero-order valence-electron chi connectivity index (χ0n) is 44.1. The van der Waals surface area contributed by atoms with Gasteiger partial charge in [-0.25, -0.2) is 0 Å². The van der Waals surface area contributed by atoms with Crippen LogP contribution >= 0.6 is 0 Å². The van der Waals surface area contributed by atoms with E-state index in [1.54, 1.807) is 6.08 Å². The number of rotatable bonds is 56. The van der Waals surface area contributed by atoms with Crippen LogP contribution < -0.4 is 5.32 Å². The summed E-state index contributed by atoms with van der Waals surface area (Å²) in [5, 5.41) is 23.2. The smallest absolute Gasteiger partial charge is 0.220 e. The first-order chi connectivity index (χ1) is 31.7. The van der Waals surface area contributed by atoms with Crippen molar-refractivity contribution < 1.29 is 15.0 Å². The van der Waals surface area contributed by atoms with Crippen LogP contribution in [0.2, 0.25) is 0 Å². The standard InChI is InChI=1S/C60H119NO3/c1-3-5-7-9-11-13-15-17-19-21-23-25-27-29-30-31-32-33-35-37-39-41-43-45-47-49-51-53-55-59(63)58(57-62)61-60(64)56-54-52-50-48-46-44-42-40-38-36-34-28-26-24-22-20-18-16-14-12-10-8-6-4-2/h53,55,58-59,62-63H,3-52,54,56-57H2,1-2H3,(H,61,64)/b55-53+. The maximum Gasteiger partial charge on any atom is 0.220 e. The molecule has 64 heavy (non-hydrogen) atoms. The van der Waals surface area contributed by atoms with Crippen molar-refractivity contribution in [2.75, 3.05) is 6.61 Å². The van der Waals surface area contributed by atoms with Crippen LogP contribution in [0.15, 0.2) is 12.2 Å². The van der Waals surface area contributed by atoms with Gasteiger partial charge in [0.25, 0.3) is 0 Å². The molecule has 0 aliphatic rings. The van der Waals surface area contributed by atoms with Gasteiger partial charge in [0, 0.05) is 6.42 Å². The SMILES string of the molecule is CCCCCCCCCCCCCCCCCCCCCCCCCCCC/C=C/C(O)C(CO)NC(=O)CCCCCCCCCCCCCCCCCCCCCCCCCC. The molecule has 2 unspecified atom stereocenters. The third-order valence-corrected chi connectivity index (χ3v) is 14.3. The van der Waals surface area contributed by atoms with Gasteiger partial charge in [-0.1, -0.05) is 334 Å². The molecule has 4 nitrogen and oxygen atoms in total. The summed E-state index contributed by atoms with van der Waals surface area (Å²) < 4.78 is 0. The van der Waals surface area contributed by atoms with Crippen molar-refractivity contribution >= 4 is 5.91 Å². The second-order valence-corrected chi connectivity index (χ2v) is 20.8. The fourth-order valence-electron chi connectivity index (χ4n) is 9.71. The van der Waals surface area contributed by atoms with Crippen LogP contribution in [0.3, 0.4) is 0 Å². The Bertz CT molecular complexity index is 890. The summed E-state index contributed by atoms with van der Waals surface area (Å²) in [6, 6.07) is -0.618. The molecule has 1 amide bonds. The van der Waals surface area contributed by atoms with Crippen molar-refractivity contribution in [1.29, 1.82) is 0 Å². The number of hydrogen-bond donors (Lipinski definition) is 3. The molecule has 4 heteroatoms. The molecular weight excluding hydrogens is 783 g/mol. The number of unbranched alkanes of at least 4 members (excludes halogenated alkanes) is 49. The van der Waals surface area contributed by atoms with Crippen molar-refractivity contribution in [3.8, 4) is 0 Å². The third kappa shape index (κ3) is 52.1. The number of hydrogen-bond acceptors (Lipinski definition) is 3. The second-order valence-electron chi connectivity index (χ2n) is 20.8. The van der Waals surface area contributed by atoms with Gasteiger partial charge < -0.3 is 15.5 Å². The van der Waals surface area contributed by atoms with Gasteiger partial charge in [-0.15, -0.1) is 0 Å². The summed E-state index contributed by atoms with van der Waals surface area (Å²) in [6.07, 6.45) is 73.9. The topological polar surface area (TPSA) is 69.6 Å². The predicted molar refractivity (Wildman–Crippen MR) is 286 cm³/mol. The Morgan fingerprint density at radius 3 is 0.812 bits per heavy atom. The molecule has 0 fully saturated rings. The normalized spacial score (nSPS) is 12.8. The molecule has 382 valence electrons. The van der Waals surface area contributed by atoms with Crippen molar-refractivity contribution in [1.82, 2.24) is 5.32 Å². The number of nitrogens with one attached hydrogen (secondary N) is 1. The maximum absolute atomic E-state index is 12.5. The monoisotopic (exact) mass is 902 g/mol. The van der Waals surface area contributed by atoms with Gasteiger partial charge in [-0.05, 0) is 19.3 Å². The lowest BCUT2D eigenvalue weighted by Gasteiger charge is -2.20. The van der Waals surface area contributed by atoms with Crippen LogP contribution in [0.5, 0.6) is 0 Å². The van der Waals surface area contributed by atoms with Crippen molar-refractivity contribution in [2.24, 2.45) is 0 Å². The van der Waals surface area contributed by atoms with Crippen molar-refractivity contribution in [3.63, 3.8) is 0 Å². The van der Waals surface area contributed by atoms with E-state index < -0.39 is 12.1 Å². The fraction of sp³-hybridized carbons (Fsp3) is 0.950. The summed E-state index contributed by atoms with van der Waals surface area (Å²) in [7, 11) is 0. The molecule has 0 radical (unpaired) electrons. The Hall–Kier alpha value is -0.870. The number of aliphatic hydroxyl groups is 2. The van der Waals surface area contributed by atoms with Crippen molar-refractivity contribution in [2.45, 2.75) is 360 Å². The molecule has 3 N–H and O–H groups in total. The van der Waals surface area contributed by atoms with E-state index in [-0.39, 0.29) is 12.5 Å². The average molecular weight is 903 g/mol. The maximum atomic E-state index is 12.5. The molecule has 0 saturated heterocycles. The van der Waals surface area contributed by atoms with Crippen LogP contribution in [0, 0.1) is 0 Å². The van der Waals surface area contributed by atoms with E-state index in [9.17, 15) is 15.0 Å². The number of aliphatic hydroxyl groups excluding tert-OH is 2. The summed E-state index contributed by atoms with van der Waals surface area (Å²) in [5.41, 5.74) is 0. The quantitative estimate of drug-likeness (QED) is 0.0421. The highest BCUT2D eigenvalue weighted by Crippen LogP contribution is 2.18. The lowest BCUT2D eigenvalue weighted by molar-refractivity contribution is -0.123. The first kappa shape index (κ1) is 63.1. The summed E-state index contributed by atoms with van der Waals surface area (Å²) in [5.74, 6) is -0.0549. The lowest BCUT2D eigenvalue weighted by atomic mass is 10.0.